The summed E-state index contributed by atoms with van der Waals surface area (Å²) in [7, 11) is 1.82. The van der Waals surface area contributed by atoms with Gasteiger partial charge in [0.2, 0.25) is 0 Å². The van der Waals surface area contributed by atoms with Crippen molar-refractivity contribution in [3.8, 4) is 0 Å². The maximum absolute atomic E-state index is 13.1. The van der Waals surface area contributed by atoms with Gasteiger partial charge in [-0.1, -0.05) is 43.5 Å². The van der Waals surface area contributed by atoms with Crippen LogP contribution in [0.2, 0.25) is 0 Å². The first kappa shape index (κ1) is 16.8. The van der Waals surface area contributed by atoms with Gasteiger partial charge in [-0.25, -0.2) is 4.79 Å². The molecule has 4 nitrogen and oxygen atoms in total. The van der Waals surface area contributed by atoms with Gasteiger partial charge >= 0.3 is 5.97 Å². The van der Waals surface area contributed by atoms with Gasteiger partial charge in [0.1, 0.15) is 5.76 Å². The van der Waals surface area contributed by atoms with Crippen LogP contribution in [0.15, 0.2) is 46.9 Å². The fraction of sp³-hybridized carbons (Fsp3) is 0.478. The zero-order chi connectivity index (χ0) is 18.5. The molecular weight excluding hydrogens is 338 g/mol. The first-order chi connectivity index (χ1) is 13.2. The van der Waals surface area contributed by atoms with E-state index >= 15 is 0 Å². The molecule has 0 aromatic heterocycles. The normalized spacial score (nSPS) is 25.8. The van der Waals surface area contributed by atoms with E-state index in [0.717, 1.165) is 37.8 Å². The molecule has 0 saturated heterocycles. The first-order valence-corrected chi connectivity index (χ1v) is 10.2. The van der Waals surface area contributed by atoms with Gasteiger partial charge in [0.25, 0.3) is 5.91 Å². The Kier molecular flexibility index (Phi) is 3.96. The van der Waals surface area contributed by atoms with E-state index < -0.39 is 0 Å². The van der Waals surface area contributed by atoms with Crippen LogP contribution in [0.1, 0.15) is 62.0 Å². The van der Waals surface area contributed by atoms with Gasteiger partial charge in [0, 0.05) is 24.6 Å². The van der Waals surface area contributed by atoms with Crippen LogP contribution < -0.4 is 0 Å². The van der Waals surface area contributed by atoms with Gasteiger partial charge in [-0.05, 0) is 43.2 Å². The Morgan fingerprint density at radius 1 is 0.963 bits per heavy atom. The number of rotatable bonds is 2. The molecule has 0 radical (unpaired) electrons. The van der Waals surface area contributed by atoms with E-state index in [2.05, 4.69) is 18.2 Å². The van der Waals surface area contributed by atoms with Crippen molar-refractivity contribution >= 4 is 11.9 Å². The van der Waals surface area contributed by atoms with E-state index in [4.69, 9.17) is 4.74 Å². The number of ether oxygens (including phenoxy) is 1. The molecule has 27 heavy (non-hydrogen) atoms. The number of cyclic esters (lactones) is 1. The molecule has 5 rings (SSSR count). The minimum atomic E-state index is -0.318. The summed E-state index contributed by atoms with van der Waals surface area (Å²) < 4.78 is 5.80. The number of hydrogen-bond acceptors (Lipinski definition) is 3. The van der Waals surface area contributed by atoms with Crippen molar-refractivity contribution in [2.75, 3.05) is 7.05 Å². The van der Waals surface area contributed by atoms with E-state index in [1.807, 2.05) is 13.1 Å². The number of benzene rings is 1. The number of carbonyl (C=O) groups excluding carboxylic acids is 2. The summed E-state index contributed by atoms with van der Waals surface area (Å²) in [5.74, 6) is 0.529. The first-order valence-electron chi connectivity index (χ1n) is 10.2. The molecule has 4 heteroatoms. The summed E-state index contributed by atoms with van der Waals surface area (Å²) in [5.41, 5.74) is 4.54. The lowest BCUT2D eigenvalue weighted by molar-refractivity contribution is -0.133. The number of amides is 1. The summed E-state index contributed by atoms with van der Waals surface area (Å²) in [6.07, 6.45) is 8.71. The quantitative estimate of drug-likeness (QED) is 0.739. The van der Waals surface area contributed by atoms with Gasteiger partial charge in [0.05, 0.1) is 11.1 Å². The van der Waals surface area contributed by atoms with E-state index in [1.54, 1.807) is 4.90 Å². The Hall–Kier alpha value is -2.36. The fourth-order valence-corrected chi connectivity index (χ4v) is 5.44. The molecule has 1 unspecified atom stereocenters. The smallest absolute Gasteiger partial charge is 0.346 e. The van der Waals surface area contributed by atoms with Crippen molar-refractivity contribution in [2.24, 2.45) is 5.92 Å². The highest BCUT2D eigenvalue weighted by Crippen LogP contribution is 2.48. The largest absolute Gasteiger partial charge is 0.426 e. The van der Waals surface area contributed by atoms with Crippen LogP contribution in [0.4, 0.5) is 0 Å². The number of hydrogen-bond donors (Lipinski definition) is 0. The maximum atomic E-state index is 13.1. The van der Waals surface area contributed by atoms with E-state index in [-0.39, 0.29) is 17.8 Å². The zero-order valence-electron chi connectivity index (χ0n) is 15.8. The van der Waals surface area contributed by atoms with Gasteiger partial charge < -0.3 is 9.64 Å². The lowest BCUT2D eigenvalue weighted by Crippen LogP contribution is -2.27. The number of likely N-dealkylation sites (N-methyl/N-ethyl adjacent to an activating group) is 1. The molecule has 4 aliphatic rings. The van der Waals surface area contributed by atoms with E-state index in [0.29, 0.717) is 22.8 Å². The number of aryl methyl sites for hydroxylation is 1. The third-order valence-corrected chi connectivity index (χ3v) is 6.72. The molecule has 140 valence electrons. The Labute approximate surface area is 159 Å². The second-order valence-corrected chi connectivity index (χ2v) is 8.23. The molecule has 2 aliphatic heterocycles. The second kappa shape index (κ2) is 6.36. The minimum Gasteiger partial charge on any atom is -0.426 e. The number of allylic oxidation sites excluding steroid dienone is 2. The van der Waals surface area contributed by atoms with Crippen LogP contribution in [0, 0.1) is 5.92 Å². The zero-order valence-corrected chi connectivity index (χ0v) is 15.8. The van der Waals surface area contributed by atoms with Crippen LogP contribution >= 0.6 is 0 Å². The summed E-state index contributed by atoms with van der Waals surface area (Å²) >= 11 is 0. The van der Waals surface area contributed by atoms with Crippen LogP contribution in [-0.4, -0.2) is 23.8 Å². The number of esters is 1. The number of carbonyl (C=O) groups is 2. The van der Waals surface area contributed by atoms with E-state index in [9.17, 15) is 9.59 Å². The molecule has 1 amide bonds. The Morgan fingerprint density at radius 2 is 1.74 bits per heavy atom. The highest BCUT2D eigenvalue weighted by Gasteiger charge is 2.49. The number of fused-ring (bicyclic) bond motifs is 2. The molecule has 0 bridgehead atoms. The van der Waals surface area contributed by atoms with Crippen molar-refractivity contribution in [3.63, 3.8) is 0 Å². The van der Waals surface area contributed by atoms with Gasteiger partial charge in [0.15, 0.2) is 0 Å². The monoisotopic (exact) mass is 363 g/mol. The Bertz CT molecular complexity index is 889. The third kappa shape index (κ3) is 2.49. The van der Waals surface area contributed by atoms with Crippen molar-refractivity contribution < 1.29 is 14.3 Å². The van der Waals surface area contributed by atoms with Crippen LogP contribution in [0.5, 0.6) is 0 Å². The predicted molar refractivity (Wildman–Crippen MR) is 102 cm³/mol. The van der Waals surface area contributed by atoms with Gasteiger partial charge in [-0.2, -0.15) is 0 Å². The molecule has 2 aliphatic carbocycles. The number of nitrogens with zero attached hydrogens (tertiary/aromatic N) is 1. The third-order valence-electron chi connectivity index (χ3n) is 6.72. The average molecular weight is 363 g/mol. The van der Waals surface area contributed by atoms with Crippen molar-refractivity contribution in [1.82, 2.24) is 4.90 Å². The van der Waals surface area contributed by atoms with Crippen molar-refractivity contribution in [3.05, 3.63) is 58.0 Å². The van der Waals surface area contributed by atoms with Crippen molar-refractivity contribution in [1.29, 1.82) is 0 Å². The SMILES string of the molecule is CN1C(=O)C2=C(C3CCCc4ccccc43)OC(=O)C2=C1C1CCCCC1. The summed E-state index contributed by atoms with van der Waals surface area (Å²) in [6.45, 7) is 0. The molecule has 0 spiro atoms. The molecule has 0 N–H and O–H groups in total. The molecule has 1 atom stereocenters. The topological polar surface area (TPSA) is 46.6 Å². The highest BCUT2D eigenvalue weighted by atomic mass is 16.5. The van der Waals surface area contributed by atoms with Crippen LogP contribution in [-0.2, 0) is 20.7 Å². The minimum absolute atomic E-state index is 0.00876. The molecular formula is C23H25NO3. The summed E-state index contributed by atoms with van der Waals surface area (Å²) in [5, 5.41) is 0. The fourth-order valence-electron chi connectivity index (χ4n) is 5.44. The molecule has 2 heterocycles. The molecule has 1 aromatic carbocycles. The summed E-state index contributed by atoms with van der Waals surface area (Å²) in [6, 6.07) is 8.36. The Morgan fingerprint density at radius 3 is 2.56 bits per heavy atom. The van der Waals surface area contributed by atoms with E-state index in [1.165, 1.54) is 30.4 Å². The molecule has 1 aromatic rings. The molecule has 1 fully saturated rings. The lowest BCUT2D eigenvalue weighted by Gasteiger charge is -2.28. The highest BCUT2D eigenvalue weighted by molar-refractivity contribution is 6.17. The summed E-state index contributed by atoms with van der Waals surface area (Å²) in [4.78, 5) is 27.7. The van der Waals surface area contributed by atoms with Crippen LogP contribution in [0.25, 0.3) is 0 Å². The predicted octanol–water partition coefficient (Wildman–Crippen LogP) is 4.22. The molecule has 1 saturated carbocycles. The lowest BCUT2D eigenvalue weighted by atomic mass is 9.80. The Balaban J connectivity index is 1.63. The van der Waals surface area contributed by atoms with Crippen LogP contribution in [0.3, 0.4) is 0 Å². The second-order valence-electron chi connectivity index (χ2n) is 8.23. The van der Waals surface area contributed by atoms with Gasteiger partial charge in [-0.15, -0.1) is 0 Å². The average Bonchev–Trinajstić information content (AvgIpc) is 3.17. The van der Waals surface area contributed by atoms with Gasteiger partial charge in [-0.3, -0.25) is 4.79 Å². The van der Waals surface area contributed by atoms with Crippen molar-refractivity contribution in [2.45, 2.75) is 57.3 Å². The maximum Gasteiger partial charge on any atom is 0.346 e. The standard InChI is InChI=1S/C23H25NO3/c1-24-20(15-9-3-2-4-10-15)18-19(22(24)25)21(27-23(18)26)17-13-7-11-14-8-5-6-12-16(14)17/h5-6,8,12,15,17H,2-4,7,9-11,13H2,1H3.